The number of piperidine rings is 1. The van der Waals surface area contributed by atoms with Crippen molar-refractivity contribution in [2.75, 3.05) is 33.2 Å². The molecule has 162 valence electrons. The minimum absolute atomic E-state index is 0.588. The standard InChI is InChI=1S/C26H32N4O/c1-19-27-26(28-31-19)24-9-7-22(8-10-24)21-5-3-20(4-6-21)17-30-16-13-25(18-30)23-11-14-29(2)15-12-23/h3-10,23,25H,11-18H2,1-2H3/t25-/m1/s1. The van der Waals surface area contributed by atoms with Crippen LogP contribution in [0.1, 0.15) is 30.7 Å². The molecule has 1 atom stereocenters. The summed E-state index contributed by atoms with van der Waals surface area (Å²) in [5.41, 5.74) is 4.83. The summed E-state index contributed by atoms with van der Waals surface area (Å²) in [5, 5.41) is 3.99. The van der Waals surface area contributed by atoms with Gasteiger partial charge in [0.05, 0.1) is 0 Å². The molecule has 0 unspecified atom stereocenters. The first-order valence-corrected chi connectivity index (χ1v) is 11.5. The maximum Gasteiger partial charge on any atom is 0.223 e. The maximum absolute atomic E-state index is 5.08. The van der Waals surface area contributed by atoms with Crippen LogP contribution in [0.25, 0.3) is 22.5 Å². The Labute approximate surface area is 185 Å². The Bertz CT molecular complexity index is 987. The van der Waals surface area contributed by atoms with Crippen LogP contribution in [0.2, 0.25) is 0 Å². The predicted molar refractivity (Wildman–Crippen MR) is 124 cm³/mol. The topological polar surface area (TPSA) is 45.4 Å². The van der Waals surface area contributed by atoms with E-state index in [1.165, 1.54) is 62.1 Å². The fraction of sp³-hybridized carbons (Fsp3) is 0.462. The molecule has 0 spiro atoms. The van der Waals surface area contributed by atoms with E-state index in [0.29, 0.717) is 11.7 Å². The quantitative estimate of drug-likeness (QED) is 0.593. The van der Waals surface area contributed by atoms with Crippen LogP contribution < -0.4 is 0 Å². The molecule has 2 aliphatic rings. The van der Waals surface area contributed by atoms with E-state index >= 15 is 0 Å². The Morgan fingerprint density at radius 1 is 0.839 bits per heavy atom. The highest BCUT2D eigenvalue weighted by molar-refractivity contribution is 5.67. The van der Waals surface area contributed by atoms with Crippen LogP contribution in [-0.4, -0.2) is 53.2 Å². The van der Waals surface area contributed by atoms with E-state index in [1.807, 2.05) is 6.92 Å². The summed E-state index contributed by atoms with van der Waals surface area (Å²) >= 11 is 0. The number of rotatable bonds is 5. The number of nitrogens with zero attached hydrogens (tertiary/aromatic N) is 4. The molecular formula is C26H32N4O. The van der Waals surface area contributed by atoms with Gasteiger partial charge in [0.1, 0.15) is 0 Å². The van der Waals surface area contributed by atoms with Crippen molar-refractivity contribution in [2.24, 2.45) is 11.8 Å². The second kappa shape index (κ2) is 8.93. The van der Waals surface area contributed by atoms with Crippen LogP contribution in [0.5, 0.6) is 0 Å². The number of benzene rings is 2. The normalized spacial score (nSPS) is 21.0. The van der Waals surface area contributed by atoms with Crippen molar-refractivity contribution in [1.29, 1.82) is 0 Å². The molecule has 0 N–H and O–H groups in total. The van der Waals surface area contributed by atoms with Gasteiger partial charge < -0.3 is 9.42 Å². The van der Waals surface area contributed by atoms with Crippen LogP contribution >= 0.6 is 0 Å². The second-order valence-corrected chi connectivity index (χ2v) is 9.34. The zero-order valence-corrected chi connectivity index (χ0v) is 18.6. The van der Waals surface area contributed by atoms with E-state index in [-0.39, 0.29) is 0 Å². The fourth-order valence-corrected chi connectivity index (χ4v) is 5.18. The summed E-state index contributed by atoms with van der Waals surface area (Å²) < 4.78 is 5.08. The summed E-state index contributed by atoms with van der Waals surface area (Å²) in [4.78, 5) is 9.43. The molecule has 5 heteroatoms. The average Bonchev–Trinajstić information content (AvgIpc) is 3.44. The summed E-state index contributed by atoms with van der Waals surface area (Å²) in [7, 11) is 2.25. The largest absolute Gasteiger partial charge is 0.339 e. The molecule has 31 heavy (non-hydrogen) atoms. The first kappa shape index (κ1) is 20.4. The second-order valence-electron chi connectivity index (χ2n) is 9.34. The van der Waals surface area contributed by atoms with Gasteiger partial charge in [-0.05, 0) is 74.5 Å². The van der Waals surface area contributed by atoms with Crippen molar-refractivity contribution in [3.8, 4) is 22.5 Å². The van der Waals surface area contributed by atoms with Gasteiger partial charge in [0, 0.05) is 25.6 Å². The fourth-order valence-electron chi connectivity index (χ4n) is 5.18. The monoisotopic (exact) mass is 416 g/mol. The molecule has 1 aromatic heterocycles. The number of likely N-dealkylation sites (tertiary alicyclic amines) is 2. The summed E-state index contributed by atoms with van der Waals surface area (Å²) in [6.45, 7) is 7.95. The molecular weight excluding hydrogens is 384 g/mol. The SMILES string of the molecule is Cc1nc(-c2ccc(-c3ccc(CN4CC[C@@H](C5CCN(C)CC5)C4)cc3)cc2)no1. The molecule has 0 bridgehead atoms. The molecule has 3 heterocycles. The summed E-state index contributed by atoms with van der Waals surface area (Å²) in [6.07, 6.45) is 4.14. The third-order valence-corrected chi connectivity index (χ3v) is 7.10. The molecule has 2 aliphatic heterocycles. The molecule has 5 rings (SSSR count). The van der Waals surface area contributed by atoms with E-state index in [4.69, 9.17) is 4.52 Å². The van der Waals surface area contributed by atoms with Crippen LogP contribution in [0.4, 0.5) is 0 Å². The third kappa shape index (κ3) is 4.73. The molecule has 5 nitrogen and oxygen atoms in total. The Balaban J connectivity index is 1.18. The van der Waals surface area contributed by atoms with Crippen molar-refractivity contribution in [2.45, 2.75) is 32.7 Å². The molecule has 2 fully saturated rings. The van der Waals surface area contributed by atoms with Gasteiger partial charge in [-0.25, -0.2) is 0 Å². The number of aromatic nitrogens is 2. The van der Waals surface area contributed by atoms with Crippen LogP contribution in [-0.2, 0) is 6.54 Å². The molecule has 0 aliphatic carbocycles. The van der Waals surface area contributed by atoms with E-state index < -0.39 is 0 Å². The lowest BCUT2D eigenvalue weighted by Gasteiger charge is -2.32. The van der Waals surface area contributed by atoms with Crippen LogP contribution in [0.15, 0.2) is 53.1 Å². The van der Waals surface area contributed by atoms with Crippen LogP contribution in [0, 0.1) is 18.8 Å². The Morgan fingerprint density at radius 3 is 2.10 bits per heavy atom. The summed E-state index contributed by atoms with van der Waals surface area (Å²) in [5.74, 6) is 3.06. The van der Waals surface area contributed by atoms with E-state index in [1.54, 1.807) is 0 Å². The molecule has 0 amide bonds. The first-order valence-electron chi connectivity index (χ1n) is 11.5. The number of hydrogen-bond acceptors (Lipinski definition) is 5. The van der Waals surface area contributed by atoms with E-state index in [2.05, 4.69) is 75.5 Å². The molecule has 0 saturated carbocycles. The van der Waals surface area contributed by atoms with Gasteiger partial charge in [-0.1, -0.05) is 53.7 Å². The Hall–Kier alpha value is -2.50. The average molecular weight is 417 g/mol. The van der Waals surface area contributed by atoms with Crippen molar-refractivity contribution in [3.63, 3.8) is 0 Å². The minimum Gasteiger partial charge on any atom is -0.339 e. The Kier molecular flexibility index (Phi) is 5.88. The van der Waals surface area contributed by atoms with Crippen molar-refractivity contribution in [3.05, 3.63) is 60.0 Å². The van der Waals surface area contributed by atoms with Gasteiger partial charge in [0.25, 0.3) is 0 Å². The molecule has 2 aromatic carbocycles. The first-order chi connectivity index (χ1) is 15.1. The van der Waals surface area contributed by atoms with Crippen molar-refractivity contribution in [1.82, 2.24) is 19.9 Å². The van der Waals surface area contributed by atoms with Crippen molar-refractivity contribution < 1.29 is 4.52 Å². The molecule has 0 radical (unpaired) electrons. The lowest BCUT2D eigenvalue weighted by molar-refractivity contribution is 0.169. The highest BCUT2D eigenvalue weighted by Gasteiger charge is 2.31. The van der Waals surface area contributed by atoms with E-state index in [9.17, 15) is 0 Å². The summed E-state index contributed by atoms with van der Waals surface area (Å²) in [6, 6.07) is 17.4. The van der Waals surface area contributed by atoms with Gasteiger partial charge >= 0.3 is 0 Å². The smallest absolute Gasteiger partial charge is 0.223 e. The maximum atomic E-state index is 5.08. The van der Waals surface area contributed by atoms with Gasteiger partial charge in [0.2, 0.25) is 11.7 Å². The highest BCUT2D eigenvalue weighted by atomic mass is 16.5. The third-order valence-electron chi connectivity index (χ3n) is 7.10. The van der Waals surface area contributed by atoms with Crippen LogP contribution in [0.3, 0.4) is 0 Å². The molecule has 2 saturated heterocycles. The number of hydrogen-bond donors (Lipinski definition) is 0. The lowest BCUT2D eigenvalue weighted by atomic mass is 9.84. The van der Waals surface area contributed by atoms with Gasteiger partial charge in [0.15, 0.2) is 0 Å². The lowest BCUT2D eigenvalue weighted by Crippen LogP contribution is -2.34. The predicted octanol–water partition coefficient (Wildman–Crippen LogP) is 4.88. The number of aryl methyl sites for hydroxylation is 1. The van der Waals surface area contributed by atoms with Crippen molar-refractivity contribution >= 4 is 0 Å². The van der Waals surface area contributed by atoms with E-state index in [0.717, 1.165) is 23.9 Å². The molecule has 3 aromatic rings. The zero-order valence-electron chi connectivity index (χ0n) is 18.6. The van der Waals surface area contributed by atoms with Gasteiger partial charge in [-0.15, -0.1) is 0 Å². The Morgan fingerprint density at radius 2 is 1.45 bits per heavy atom. The van der Waals surface area contributed by atoms with Gasteiger partial charge in [-0.2, -0.15) is 4.98 Å². The highest BCUT2D eigenvalue weighted by Crippen LogP contribution is 2.32. The van der Waals surface area contributed by atoms with Gasteiger partial charge in [-0.3, -0.25) is 4.90 Å². The zero-order chi connectivity index (χ0) is 21.2. The minimum atomic E-state index is 0.588.